The van der Waals surface area contributed by atoms with Crippen LogP contribution in [-0.2, 0) is 14.6 Å². The van der Waals surface area contributed by atoms with Crippen LogP contribution >= 0.6 is 0 Å². The van der Waals surface area contributed by atoms with E-state index in [1.807, 2.05) is 13.8 Å². The Kier molecular flexibility index (Phi) is 7.48. The molecule has 0 aliphatic rings. The topological polar surface area (TPSA) is 35.5 Å². The molecule has 2 unspecified atom stereocenters. The summed E-state index contributed by atoms with van der Waals surface area (Å²) in [5.74, 6) is 0.00866. The Labute approximate surface area is 86.7 Å². The van der Waals surface area contributed by atoms with Crippen LogP contribution in [0.4, 0.5) is 0 Å². The summed E-state index contributed by atoms with van der Waals surface area (Å²) in [6.07, 6.45) is 2.94. The van der Waals surface area contributed by atoms with Gasteiger partial charge >= 0.3 is 5.97 Å². The number of hydrogen-bond acceptors (Lipinski definition) is 3. The summed E-state index contributed by atoms with van der Waals surface area (Å²) >= 11 is 0. The molecule has 0 aliphatic carbocycles. The first-order valence-electron chi connectivity index (χ1n) is 5.46. The molecule has 0 N–H and O–H groups in total. The van der Waals surface area contributed by atoms with Crippen LogP contribution in [0.15, 0.2) is 0 Å². The molecule has 2 atom stereocenters. The van der Waals surface area contributed by atoms with E-state index in [4.69, 9.17) is 4.89 Å². The first-order chi connectivity index (χ1) is 6.63. The van der Waals surface area contributed by atoms with Gasteiger partial charge in [0.15, 0.2) is 0 Å². The molecule has 0 saturated heterocycles. The Balaban J connectivity index is 3.62. The van der Waals surface area contributed by atoms with Crippen molar-refractivity contribution in [1.29, 1.82) is 0 Å². The first-order valence-corrected chi connectivity index (χ1v) is 5.46. The van der Waals surface area contributed by atoms with Crippen LogP contribution in [0.2, 0.25) is 0 Å². The quantitative estimate of drug-likeness (QED) is 0.362. The lowest BCUT2D eigenvalue weighted by Crippen LogP contribution is -2.21. The van der Waals surface area contributed by atoms with Gasteiger partial charge in [-0.1, -0.05) is 40.5 Å². The van der Waals surface area contributed by atoms with Crippen LogP contribution in [0.5, 0.6) is 0 Å². The lowest BCUT2D eigenvalue weighted by Gasteiger charge is -2.15. The number of hydrogen-bond donors (Lipinski definition) is 0. The second-order valence-electron chi connectivity index (χ2n) is 3.75. The molecule has 0 saturated carbocycles. The van der Waals surface area contributed by atoms with Crippen LogP contribution in [0, 0.1) is 11.8 Å². The van der Waals surface area contributed by atoms with E-state index in [1.54, 1.807) is 0 Å². The van der Waals surface area contributed by atoms with Crippen LogP contribution in [-0.4, -0.2) is 12.6 Å². The zero-order valence-electron chi connectivity index (χ0n) is 9.71. The zero-order chi connectivity index (χ0) is 11.0. The van der Waals surface area contributed by atoms with Crippen LogP contribution < -0.4 is 0 Å². The predicted octanol–water partition coefficient (Wildman–Crippen LogP) is 2.94. The predicted molar refractivity (Wildman–Crippen MR) is 55.6 cm³/mol. The van der Waals surface area contributed by atoms with Gasteiger partial charge in [0.25, 0.3) is 0 Å². The fourth-order valence-corrected chi connectivity index (χ4v) is 0.965. The fraction of sp³-hybridized carbons (Fsp3) is 0.909. The molecule has 0 aromatic heterocycles. The molecule has 84 valence electrons. The highest BCUT2D eigenvalue weighted by molar-refractivity contribution is 5.71. The van der Waals surface area contributed by atoms with Crippen molar-refractivity contribution in [1.82, 2.24) is 0 Å². The summed E-state index contributed by atoms with van der Waals surface area (Å²) in [5.41, 5.74) is 0. The average Bonchev–Trinajstić information content (AvgIpc) is 2.21. The molecule has 0 aliphatic heterocycles. The third kappa shape index (κ3) is 5.22. The third-order valence-electron chi connectivity index (χ3n) is 2.59. The lowest BCUT2D eigenvalue weighted by molar-refractivity contribution is -0.277. The Hall–Kier alpha value is -0.570. The van der Waals surface area contributed by atoms with E-state index in [-0.39, 0.29) is 11.9 Å². The summed E-state index contributed by atoms with van der Waals surface area (Å²) < 4.78 is 0. The highest BCUT2D eigenvalue weighted by Gasteiger charge is 2.21. The maximum atomic E-state index is 11.4. The molecule has 0 amide bonds. The molecule has 3 heteroatoms. The number of carbonyl (C=O) groups excluding carboxylic acids is 1. The Morgan fingerprint density at radius 3 is 2.43 bits per heavy atom. The number of unbranched alkanes of at least 4 members (excludes halogenated alkanes) is 1. The minimum Gasteiger partial charge on any atom is -0.298 e. The van der Waals surface area contributed by atoms with E-state index in [9.17, 15) is 4.79 Å². The second kappa shape index (κ2) is 7.80. The van der Waals surface area contributed by atoms with Crippen molar-refractivity contribution < 1.29 is 14.6 Å². The average molecular weight is 202 g/mol. The molecule has 0 radical (unpaired) electrons. The summed E-state index contributed by atoms with van der Waals surface area (Å²) in [5, 5.41) is 0. The highest BCUT2D eigenvalue weighted by Crippen LogP contribution is 2.15. The maximum Gasteiger partial charge on any atom is 0.345 e. The summed E-state index contributed by atoms with van der Waals surface area (Å²) in [6.45, 7) is 8.53. The molecular weight excluding hydrogens is 180 g/mol. The van der Waals surface area contributed by atoms with Crippen LogP contribution in [0.25, 0.3) is 0 Å². The molecule has 0 aromatic carbocycles. The normalized spacial score (nSPS) is 14.9. The molecule has 0 aromatic rings. The summed E-state index contributed by atoms with van der Waals surface area (Å²) in [4.78, 5) is 20.9. The van der Waals surface area contributed by atoms with Gasteiger partial charge in [-0.2, -0.15) is 4.89 Å². The van der Waals surface area contributed by atoms with Crippen LogP contribution in [0.3, 0.4) is 0 Å². The van der Waals surface area contributed by atoms with Gasteiger partial charge in [-0.3, -0.25) is 4.89 Å². The van der Waals surface area contributed by atoms with Crippen molar-refractivity contribution in [2.45, 2.75) is 47.0 Å². The number of carbonyl (C=O) groups is 1. The molecular formula is C11H22O3. The molecule has 3 nitrogen and oxygen atoms in total. The van der Waals surface area contributed by atoms with E-state index in [1.165, 1.54) is 0 Å². The second-order valence-corrected chi connectivity index (χ2v) is 3.75. The smallest absolute Gasteiger partial charge is 0.298 e. The molecule has 0 heterocycles. The van der Waals surface area contributed by atoms with E-state index in [2.05, 4.69) is 18.7 Å². The molecule has 0 spiro atoms. The Morgan fingerprint density at radius 2 is 1.93 bits per heavy atom. The highest BCUT2D eigenvalue weighted by atomic mass is 17.2. The minimum atomic E-state index is -0.254. The molecule has 0 rings (SSSR count). The molecule has 0 fully saturated rings. The van der Waals surface area contributed by atoms with Crippen molar-refractivity contribution in [3.05, 3.63) is 0 Å². The van der Waals surface area contributed by atoms with E-state index in [0.29, 0.717) is 12.5 Å². The Bertz CT molecular complexity index is 157. The molecule has 0 bridgehead atoms. The van der Waals surface area contributed by atoms with Gasteiger partial charge in [0.2, 0.25) is 0 Å². The molecule has 14 heavy (non-hydrogen) atoms. The fourth-order valence-electron chi connectivity index (χ4n) is 0.965. The summed E-state index contributed by atoms with van der Waals surface area (Å²) in [7, 11) is 0. The zero-order valence-corrected chi connectivity index (χ0v) is 9.71. The van der Waals surface area contributed by atoms with Gasteiger partial charge in [0, 0.05) is 0 Å². The third-order valence-corrected chi connectivity index (χ3v) is 2.59. The Morgan fingerprint density at radius 1 is 1.29 bits per heavy atom. The van der Waals surface area contributed by atoms with Crippen molar-refractivity contribution in [3.63, 3.8) is 0 Å². The van der Waals surface area contributed by atoms with Crippen molar-refractivity contribution >= 4 is 5.97 Å². The number of rotatable bonds is 7. The maximum absolute atomic E-state index is 11.4. The van der Waals surface area contributed by atoms with Gasteiger partial charge in [-0.25, -0.2) is 4.79 Å². The van der Waals surface area contributed by atoms with Gasteiger partial charge < -0.3 is 0 Å². The van der Waals surface area contributed by atoms with E-state index < -0.39 is 0 Å². The summed E-state index contributed by atoms with van der Waals surface area (Å²) in [6, 6.07) is 0. The minimum absolute atomic E-state index is 0.0818. The van der Waals surface area contributed by atoms with Gasteiger partial charge in [-0.15, -0.1) is 0 Å². The van der Waals surface area contributed by atoms with Crippen molar-refractivity contribution in [3.8, 4) is 0 Å². The van der Waals surface area contributed by atoms with Gasteiger partial charge in [0.05, 0.1) is 12.5 Å². The largest absolute Gasteiger partial charge is 0.345 e. The lowest BCUT2D eigenvalue weighted by atomic mass is 9.94. The van der Waals surface area contributed by atoms with E-state index >= 15 is 0 Å². The van der Waals surface area contributed by atoms with E-state index in [0.717, 1.165) is 19.3 Å². The monoisotopic (exact) mass is 202 g/mol. The van der Waals surface area contributed by atoms with Crippen molar-refractivity contribution in [2.75, 3.05) is 6.61 Å². The first kappa shape index (κ1) is 13.4. The van der Waals surface area contributed by atoms with Crippen molar-refractivity contribution in [2.24, 2.45) is 11.8 Å². The van der Waals surface area contributed by atoms with Gasteiger partial charge in [0.1, 0.15) is 0 Å². The standard InChI is InChI=1S/C11H22O3/c1-5-7-8-13-14-11(12)10(4)9(3)6-2/h9-10H,5-8H2,1-4H3. The SMILES string of the molecule is CCCCOOC(=O)C(C)C(C)CC. The van der Waals surface area contributed by atoms with Crippen LogP contribution in [0.1, 0.15) is 47.0 Å². The van der Waals surface area contributed by atoms with Gasteiger partial charge in [-0.05, 0) is 12.3 Å².